The summed E-state index contributed by atoms with van der Waals surface area (Å²) < 4.78 is 7.26. The van der Waals surface area contributed by atoms with Gasteiger partial charge in [0.2, 0.25) is 0 Å². The van der Waals surface area contributed by atoms with Crippen LogP contribution in [0.4, 0.5) is 0 Å². The minimum atomic E-state index is 1.03. The van der Waals surface area contributed by atoms with Crippen molar-refractivity contribution in [1.29, 1.82) is 0 Å². The minimum Gasteiger partial charge on any atom is -0.457 e. The molecule has 10 aromatic rings. The molecule has 1 aromatic heterocycles. The molecule has 0 saturated carbocycles. The smallest absolute Gasteiger partial charge is 0.143 e. The maximum absolute atomic E-state index is 7.26. The molecule has 0 amide bonds. The second-order valence-electron chi connectivity index (χ2n) is 23.0. The van der Waals surface area contributed by atoms with Crippen LogP contribution in [0.2, 0.25) is 0 Å². The molecule has 0 spiro atoms. The third-order valence-corrected chi connectivity index (χ3v) is 20.7. The molecule has 0 unspecified atom stereocenters. The Kier molecular flexibility index (Phi) is 11.8. The van der Waals surface area contributed by atoms with Crippen molar-refractivity contribution in [3.63, 3.8) is 0 Å². The van der Waals surface area contributed by atoms with Crippen LogP contribution >= 0.6 is 0 Å². The molecule has 0 aliphatic rings. The van der Waals surface area contributed by atoms with E-state index >= 15 is 0 Å². The number of fused-ring (bicyclic) bond motifs is 10. The zero-order valence-corrected chi connectivity index (χ0v) is 48.4. The number of hydrogen-bond acceptors (Lipinski definition) is 1. The van der Waals surface area contributed by atoms with Gasteiger partial charge in [0.25, 0.3) is 0 Å². The van der Waals surface area contributed by atoms with Gasteiger partial charge in [-0.05, 0) is 76.1 Å². The molecule has 0 saturated heterocycles. The third kappa shape index (κ3) is 6.20. The summed E-state index contributed by atoms with van der Waals surface area (Å²) in [5.41, 5.74) is 43.1. The molecule has 312 valence electrons. The molecule has 0 N–H and O–H groups in total. The van der Waals surface area contributed by atoms with Crippen molar-refractivity contribution in [3.05, 3.63) is 0 Å². The molecular formula is C44H52B26O. The van der Waals surface area contributed by atoms with Crippen LogP contribution in [0, 0.1) is 0 Å². The predicted molar refractivity (Wildman–Crippen MR) is 405 cm³/mol. The first-order valence-electron chi connectivity index (χ1n) is 26.4. The molecule has 1 nitrogen and oxygen atoms in total. The zero-order valence-electron chi connectivity index (χ0n) is 48.4. The molecule has 0 radical (unpaired) electrons. The van der Waals surface area contributed by atoms with Gasteiger partial charge in [-0.1, -0.05) is 98.3 Å². The summed E-state index contributed by atoms with van der Waals surface area (Å²) in [4.78, 5) is 0. The van der Waals surface area contributed by atoms with Gasteiger partial charge in [0.05, 0.1) is 0 Å². The lowest BCUT2D eigenvalue weighted by Crippen LogP contribution is -2.51. The van der Waals surface area contributed by atoms with Crippen LogP contribution in [0.15, 0.2) is 4.42 Å². The Morgan fingerprint density at radius 2 is 0.324 bits per heavy atom. The Morgan fingerprint density at radius 1 is 0.127 bits per heavy atom. The van der Waals surface area contributed by atoms with Gasteiger partial charge in [-0.2, -0.15) is 0 Å². The highest BCUT2D eigenvalue weighted by Crippen LogP contribution is 2.44. The fourth-order valence-electron chi connectivity index (χ4n) is 14.3. The summed E-state index contributed by atoms with van der Waals surface area (Å²) in [6.45, 7) is 0. The van der Waals surface area contributed by atoms with Crippen molar-refractivity contribution in [2.75, 3.05) is 0 Å². The molecule has 10 rings (SSSR count). The lowest BCUT2D eigenvalue weighted by molar-refractivity contribution is 0.675. The lowest BCUT2D eigenvalue weighted by Gasteiger charge is -2.32. The van der Waals surface area contributed by atoms with E-state index in [2.05, 4.69) is 204 Å². The number of rotatable bonds is 2. The third-order valence-electron chi connectivity index (χ3n) is 20.7. The van der Waals surface area contributed by atoms with Gasteiger partial charge in [0, 0.05) is 10.8 Å². The van der Waals surface area contributed by atoms with E-state index in [1.807, 2.05) is 0 Å². The topological polar surface area (TPSA) is 13.1 Å². The first kappa shape index (κ1) is 50.3. The number of benzene rings is 9. The molecule has 0 atom stereocenters. The molecule has 0 fully saturated rings. The highest BCUT2D eigenvalue weighted by atomic mass is 16.3. The first-order chi connectivity index (χ1) is 33.2. The van der Waals surface area contributed by atoms with E-state index in [4.69, 9.17) is 4.42 Å². The second-order valence-corrected chi connectivity index (χ2v) is 23.0. The molecule has 27 heteroatoms. The minimum absolute atomic E-state index is 1.03. The quantitative estimate of drug-likeness (QED) is 0.0958. The van der Waals surface area contributed by atoms with Crippen molar-refractivity contribution in [3.8, 4) is 22.3 Å². The second kappa shape index (κ2) is 16.6. The Morgan fingerprint density at radius 3 is 0.704 bits per heavy atom. The molecule has 9 aromatic carbocycles. The van der Waals surface area contributed by atoms with Crippen LogP contribution in [0.3, 0.4) is 0 Å². The van der Waals surface area contributed by atoms with E-state index < -0.39 is 0 Å². The van der Waals surface area contributed by atoms with Gasteiger partial charge in [-0.15, -0.1) is 43.7 Å². The van der Waals surface area contributed by atoms with Gasteiger partial charge in [-0.25, -0.2) is 0 Å². The summed E-state index contributed by atoms with van der Waals surface area (Å²) in [5, 5.41) is 16.7. The van der Waals surface area contributed by atoms with Crippen LogP contribution in [-0.2, 0) is 0 Å². The summed E-state index contributed by atoms with van der Waals surface area (Å²) in [5.74, 6) is 0. The summed E-state index contributed by atoms with van der Waals surface area (Å²) in [7, 11) is 61.8. The largest absolute Gasteiger partial charge is 0.457 e. The van der Waals surface area contributed by atoms with Crippen LogP contribution in [0.1, 0.15) is 0 Å². The SMILES string of the molecule is Bc1c(B)c(B)c2c(oc3c(B)c(B)c(B)c(-c4c5c(B)c(B)c(B)c(B)c5c(-c5c(B)c(B)c(B)c6c5c(B)c(B)c5c(B)c(B)c7c(B)c(B)c(B)c(B)c7c56)c5c(B)c(B)c(B)c(B)c45)c32)c1B. The molecule has 0 bridgehead atoms. The molecule has 1 heterocycles. The molecule has 0 aliphatic heterocycles. The number of hydrogen-bond donors (Lipinski definition) is 0. The van der Waals surface area contributed by atoms with Gasteiger partial charge < -0.3 is 4.42 Å². The Balaban J connectivity index is 1.61. The maximum atomic E-state index is 7.26. The van der Waals surface area contributed by atoms with Crippen molar-refractivity contribution in [2.45, 2.75) is 0 Å². The van der Waals surface area contributed by atoms with Crippen LogP contribution in [-0.4, -0.2) is 204 Å². The van der Waals surface area contributed by atoms with E-state index in [-0.39, 0.29) is 0 Å². The summed E-state index contributed by atoms with van der Waals surface area (Å²) in [6, 6.07) is 0. The Labute approximate surface area is 445 Å². The van der Waals surface area contributed by atoms with Crippen LogP contribution in [0.25, 0.3) is 98.1 Å². The average molecular weight is 878 g/mol. The number of furan rings is 1. The normalized spacial score (nSPS) is 12.0. The van der Waals surface area contributed by atoms with Crippen LogP contribution in [0.5, 0.6) is 0 Å². The van der Waals surface area contributed by atoms with E-state index in [1.165, 1.54) is 229 Å². The lowest BCUT2D eigenvalue weighted by atomic mass is 9.56. The average Bonchev–Trinajstić information content (AvgIpc) is 3.74. The standard InChI is InChI=1S/C44H52B26O/c45-17-12-8(18(46)31(59)19(47)9(12)3-11-15(28(56)27(55)14(3)26(17)54)29(57)37(65)36(64)25(11)53)1-4-6(22(50)34(62)32(60)20(4)48)2(7-5(1)21(49)33(61)35(63)23(7)51)10-13-16-30(58)38(66)40(68)42(70)44(16)71-43(13)41(69)39(67)24(10)52/h45-70H2. The maximum Gasteiger partial charge on any atom is 0.143 e. The van der Waals surface area contributed by atoms with Crippen molar-refractivity contribution >= 4 is 422 Å². The summed E-state index contributed by atoms with van der Waals surface area (Å²) >= 11 is 0. The molecular weight excluding hydrogens is 826 g/mol. The molecule has 0 aliphatic carbocycles. The highest BCUT2D eigenvalue weighted by molar-refractivity contribution is 6.78. The summed E-state index contributed by atoms with van der Waals surface area (Å²) in [6.07, 6.45) is 0. The van der Waals surface area contributed by atoms with Crippen LogP contribution < -0.4 is 142 Å². The van der Waals surface area contributed by atoms with Crippen molar-refractivity contribution in [2.24, 2.45) is 0 Å². The zero-order chi connectivity index (χ0) is 52.1. The van der Waals surface area contributed by atoms with E-state index in [1.54, 1.807) is 0 Å². The predicted octanol–water partition coefficient (Wildman–Crippen LogP) is -32.6. The fourth-order valence-corrected chi connectivity index (χ4v) is 14.3. The van der Waals surface area contributed by atoms with Gasteiger partial charge >= 0.3 is 0 Å². The Hall–Kier alpha value is -4.23. The van der Waals surface area contributed by atoms with Crippen molar-refractivity contribution in [1.82, 2.24) is 0 Å². The van der Waals surface area contributed by atoms with E-state index in [0.29, 0.717) is 0 Å². The van der Waals surface area contributed by atoms with Gasteiger partial charge in [0.1, 0.15) is 215 Å². The van der Waals surface area contributed by atoms with Gasteiger partial charge in [-0.3, -0.25) is 0 Å². The molecule has 71 heavy (non-hydrogen) atoms. The monoisotopic (exact) mass is 883 g/mol. The Bertz CT molecular complexity index is 4210. The first-order valence-corrected chi connectivity index (χ1v) is 26.4. The van der Waals surface area contributed by atoms with Crippen molar-refractivity contribution < 1.29 is 4.42 Å². The highest BCUT2D eigenvalue weighted by Gasteiger charge is 2.32. The fraction of sp³-hybridized carbons (Fsp3) is 0. The van der Waals surface area contributed by atoms with Gasteiger partial charge in [0.15, 0.2) is 0 Å². The van der Waals surface area contributed by atoms with E-state index in [9.17, 15) is 0 Å². The van der Waals surface area contributed by atoms with E-state index in [0.717, 1.165) is 11.2 Å².